The standard InChI is InChI=1S/C21H23F2N9O9P2S2.C21H24FN9O10P2S2.CH4/c1-7-12-16(26-4-25-7)31(5-27-12)20-15-10(22)8(38-20)2-36-42(34,44)40-14-9(3-37-43(35,45)41-15)39-19(11(14)23)32-6-28-13-17(32)29-21(24)30-18(13)33;1-7-11-16(25-4-24-7)30(5-26-11)20-15-13(32)8(38-20)2-36-42(34,44)40-14-9(3-37-43(35,45)41-15)39-19(10(14)22)31-6-27-12-17(31)28-21(23)29-18(12)33;/h4-6,8-11,14-15,19-20H,2-3H2,1H3,(H,34,44)(H,35,45)(H3,24,29,30,33);4-6,8-10,13-15,19-20,32H,2-3H2,1H3,(H,34,44)(H,35,45)(H3,23,28,29,33);1H4/t8-,9-,10-,11-,14-,15-,19-,20-,42?,43?;8-,9-,10-,13-,14-,15-,19-,20-,42?,43?;/m11./s1. The van der Waals surface area contributed by atoms with Crippen LogP contribution in [-0.2, 0) is 95.1 Å². The van der Waals surface area contributed by atoms with E-state index in [9.17, 15) is 33.9 Å². The summed E-state index contributed by atoms with van der Waals surface area (Å²) in [4.78, 5) is 103. The molecule has 0 aromatic carbocycles. The van der Waals surface area contributed by atoms with Gasteiger partial charge in [0, 0.05) is 0 Å². The Morgan fingerprint density at radius 3 is 1.37 bits per heavy atom. The van der Waals surface area contributed by atoms with Crippen LogP contribution in [0.3, 0.4) is 0 Å². The van der Waals surface area contributed by atoms with Gasteiger partial charge in [0.05, 0.1) is 63.1 Å². The molecule has 0 amide bonds. The number of anilines is 2. The van der Waals surface area contributed by atoms with Gasteiger partial charge in [0.1, 0.15) is 78.6 Å². The predicted molar refractivity (Wildman–Crippen MR) is 318 cm³/mol. The van der Waals surface area contributed by atoms with Crippen molar-refractivity contribution < 1.29 is 92.7 Å². The Bertz CT molecular complexity index is 4170. The van der Waals surface area contributed by atoms with E-state index in [0.29, 0.717) is 28.1 Å². The summed E-state index contributed by atoms with van der Waals surface area (Å²) in [6.07, 6.45) is -17.3. The van der Waals surface area contributed by atoms with E-state index in [0.717, 1.165) is 21.8 Å². The minimum Gasteiger partial charge on any atom is -0.387 e. The van der Waals surface area contributed by atoms with Crippen molar-refractivity contribution in [2.75, 3.05) is 37.9 Å². The molecular weight excluding hydrogens is 1380 g/mol. The van der Waals surface area contributed by atoms with Crippen LogP contribution < -0.4 is 22.6 Å². The number of nitrogens with one attached hydrogen (secondary N) is 2. The zero-order valence-corrected chi connectivity index (χ0v) is 52.4. The number of hydrogen-bond acceptors (Lipinski definition) is 31. The van der Waals surface area contributed by atoms with Crippen LogP contribution in [0, 0.1) is 13.8 Å². The largest absolute Gasteiger partial charge is 0.387 e. The first-order chi connectivity index (χ1) is 42.6. The minimum absolute atomic E-state index is 0. The summed E-state index contributed by atoms with van der Waals surface area (Å²) in [6, 6.07) is 0. The number of aliphatic hydroxyl groups excluding tert-OH is 1. The van der Waals surface area contributed by atoms with E-state index in [1.807, 2.05) is 0 Å². The number of aliphatic hydroxyl groups is 1. The Balaban J connectivity index is 0.000000174. The van der Waals surface area contributed by atoms with Crippen LogP contribution in [0.15, 0.2) is 47.6 Å². The van der Waals surface area contributed by atoms with Crippen LogP contribution >= 0.6 is 39.2 Å². The summed E-state index contributed by atoms with van der Waals surface area (Å²) >= 11 is 19.6. The fourth-order valence-electron chi connectivity index (χ4n) is 10.7. The number of thiol groups is 1. The number of imidazole rings is 4. The second kappa shape index (κ2) is 25.0. The molecule has 8 aromatic rings. The second-order valence-electron chi connectivity index (χ2n) is 20.5. The third kappa shape index (κ3) is 12.7. The number of fused-ring (bicyclic) bond motifs is 10. The first kappa shape index (κ1) is 66.1. The first-order valence-electron chi connectivity index (χ1n) is 26.2. The molecule has 6 fully saturated rings. The van der Waals surface area contributed by atoms with Crippen molar-refractivity contribution in [2.45, 2.75) is 120 Å². The van der Waals surface area contributed by atoms with Crippen LogP contribution in [0.4, 0.5) is 25.1 Å². The number of H-pyrrole nitrogens is 2. The fourth-order valence-corrected chi connectivity index (χ4v) is 16.4. The Morgan fingerprint density at radius 2 is 0.901 bits per heavy atom. The number of nitrogens with two attached hydrogens (primary N) is 2. The lowest BCUT2D eigenvalue weighted by molar-refractivity contribution is -0.0602. The van der Waals surface area contributed by atoms with Gasteiger partial charge in [-0.3, -0.25) is 60.4 Å². The smallest absolute Gasteiger partial charge is 0.386 e. The van der Waals surface area contributed by atoms with Crippen molar-refractivity contribution in [2.24, 2.45) is 0 Å². The highest BCUT2D eigenvalue weighted by molar-refractivity contribution is 8.44. The molecule has 492 valence electrons. The zero-order valence-electron chi connectivity index (χ0n) is 45.5. The molecule has 6 aliphatic rings. The van der Waals surface area contributed by atoms with E-state index in [4.69, 9.17) is 102 Å². The van der Waals surface area contributed by atoms with E-state index in [1.165, 1.54) is 34.4 Å². The van der Waals surface area contributed by atoms with E-state index in [-0.39, 0.29) is 47.3 Å². The molecule has 91 heavy (non-hydrogen) atoms. The maximum atomic E-state index is 16.0. The van der Waals surface area contributed by atoms with Crippen molar-refractivity contribution in [1.82, 2.24) is 78.1 Å². The van der Waals surface area contributed by atoms with Gasteiger partial charge in [-0.2, -0.15) is 9.97 Å². The quantitative estimate of drug-likeness (QED) is 0.0893. The summed E-state index contributed by atoms with van der Waals surface area (Å²) in [5.41, 5.74) is 12.1. The highest BCUT2D eigenvalue weighted by atomic mass is 32.7. The topological polar surface area (TPSA) is 475 Å². The third-order valence-corrected chi connectivity index (χ3v) is 21.1. The number of halogens is 3. The van der Waals surface area contributed by atoms with Gasteiger partial charge in [-0.25, -0.2) is 57.6 Å². The highest BCUT2D eigenvalue weighted by Gasteiger charge is 2.56. The molecule has 8 aromatic heterocycles. The molecule has 0 aliphatic carbocycles. The maximum Gasteiger partial charge on any atom is 0.386 e. The lowest BCUT2D eigenvalue weighted by atomic mass is 10.1. The maximum absolute atomic E-state index is 16.0. The average molecular weight is 1430 g/mol. The van der Waals surface area contributed by atoms with Gasteiger partial charge in [-0.1, -0.05) is 19.7 Å². The van der Waals surface area contributed by atoms with Gasteiger partial charge in [0.25, 0.3) is 11.1 Å². The van der Waals surface area contributed by atoms with Gasteiger partial charge in [0.2, 0.25) is 11.9 Å². The van der Waals surface area contributed by atoms with Crippen molar-refractivity contribution in [3.8, 4) is 0 Å². The number of hydrogen-bond donors (Lipinski definition) is 9. The van der Waals surface area contributed by atoms with Crippen LogP contribution in [0.2, 0.25) is 0 Å². The minimum atomic E-state index is -4.44. The number of aryl methyl sites for hydroxylation is 2. The molecule has 14 rings (SSSR count). The van der Waals surface area contributed by atoms with Crippen LogP contribution in [0.5, 0.6) is 0 Å². The third-order valence-electron chi connectivity index (χ3n) is 14.8. The normalized spacial score (nSPS) is 37.3. The van der Waals surface area contributed by atoms with Gasteiger partial charge in [0.15, 0.2) is 77.0 Å². The van der Waals surface area contributed by atoms with E-state index < -0.39 is 163 Å². The fraction of sp³-hybridized carbons (Fsp3) is 0.535. The van der Waals surface area contributed by atoms with Crippen LogP contribution in [-0.4, -0.2) is 198 Å². The SMILES string of the molecule is C.Cc1ncnc2c1ncn2[C@@H]1O[C@@H]2COP(O)(=S)O[C@H]3[C@@H](F)[C@H](n4cnc5c(=O)[nH]c(N)nc54)O[C@@H]3COP(=O)(S)O[C@@H]1[C@@H]2F.Cc1ncnc2c1ncn2[C@@H]1O[C@@H]2COP(O)(=S)O[C@H]3[C@@H](F)[C@H](n4cnc5c(=O)[nH]c(N)nc54)O[C@@H]3COP(O)(=S)O[C@@H]1[C@@H]2O. The van der Waals surface area contributed by atoms with E-state index in [1.54, 1.807) is 13.8 Å². The molecule has 0 radical (unpaired) electrons. The number of alkyl halides is 3. The lowest BCUT2D eigenvalue weighted by Gasteiger charge is -2.27. The Morgan fingerprint density at radius 1 is 0.527 bits per heavy atom. The monoisotopic (exact) mass is 1430 g/mol. The van der Waals surface area contributed by atoms with Crippen LogP contribution in [0.1, 0.15) is 43.7 Å². The van der Waals surface area contributed by atoms with Gasteiger partial charge in [-0.05, 0) is 49.3 Å². The zero-order chi connectivity index (χ0) is 63.7. The number of nitrogens with zero attached hydrogens (tertiary/aromatic N) is 14. The average Bonchev–Trinajstić information content (AvgIpc) is 1.64. The first-order valence-corrected chi connectivity index (χ1v) is 36.7. The van der Waals surface area contributed by atoms with E-state index in [2.05, 4.69) is 72.1 Å². The molecule has 4 unspecified atom stereocenters. The molecule has 20 atom stereocenters. The Hall–Kier alpha value is -4.92. The summed E-state index contributed by atoms with van der Waals surface area (Å²) in [6.45, 7) is -16.3. The molecule has 6 aliphatic heterocycles. The number of ether oxygens (including phenoxy) is 4. The molecule has 4 bridgehead atoms. The van der Waals surface area contributed by atoms with Gasteiger partial charge >= 0.3 is 27.0 Å². The number of nitrogen functional groups attached to an aromatic ring is 2. The molecule has 37 nitrogen and oxygen atoms in total. The predicted octanol–water partition coefficient (Wildman–Crippen LogP) is 1.62. The van der Waals surface area contributed by atoms with Crippen LogP contribution in [0.25, 0.3) is 44.7 Å². The summed E-state index contributed by atoms with van der Waals surface area (Å²) in [5, 5.41) is 11.2. The van der Waals surface area contributed by atoms with E-state index >= 15 is 13.2 Å². The van der Waals surface area contributed by atoms with Gasteiger partial charge < -0.3 is 63.8 Å². The molecule has 14 heterocycles. The van der Waals surface area contributed by atoms with Crippen molar-refractivity contribution in [1.29, 1.82) is 0 Å². The van der Waals surface area contributed by atoms with Gasteiger partial charge in [-0.15, -0.1) is 0 Å². The molecule has 0 spiro atoms. The molecule has 10 N–H and O–H groups in total. The van der Waals surface area contributed by atoms with Crippen molar-refractivity contribution in [3.63, 3.8) is 0 Å². The molecular formula is C43H51F3N18O19P4S4. The Labute approximate surface area is 527 Å². The second-order valence-corrected chi connectivity index (χ2v) is 31.8. The number of rotatable bonds is 4. The number of aromatic nitrogens is 16. The molecule has 48 heteroatoms. The summed E-state index contributed by atoms with van der Waals surface area (Å²) < 4.78 is 134. The lowest BCUT2D eigenvalue weighted by Crippen LogP contribution is -2.35. The Kier molecular flexibility index (Phi) is 18.2. The molecule has 6 saturated heterocycles. The van der Waals surface area contributed by atoms with Crippen molar-refractivity contribution >= 4 is 131 Å². The molecule has 0 saturated carbocycles. The number of aromatic amines is 2. The highest BCUT2D eigenvalue weighted by Crippen LogP contribution is 2.60. The summed E-state index contributed by atoms with van der Waals surface area (Å²) in [7, 11) is 0. The van der Waals surface area contributed by atoms with Crippen molar-refractivity contribution in [3.05, 3.63) is 70.1 Å². The summed E-state index contributed by atoms with van der Waals surface area (Å²) in [5.74, 6) is -0.504.